The lowest BCUT2D eigenvalue weighted by atomic mass is 10.0. The molecule has 1 saturated heterocycles. The van der Waals surface area contributed by atoms with Crippen LogP contribution in [0, 0.1) is 11.6 Å². The minimum absolute atomic E-state index is 0.114. The van der Waals surface area contributed by atoms with E-state index in [0.29, 0.717) is 22.0 Å². The predicted molar refractivity (Wildman–Crippen MR) is 130 cm³/mol. The van der Waals surface area contributed by atoms with Crippen molar-refractivity contribution in [2.75, 3.05) is 43.6 Å². The molecular weight excluding hydrogens is 452 g/mol. The van der Waals surface area contributed by atoms with E-state index in [1.165, 1.54) is 4.79 Å². The Kier molecular flexibility index (Phi) is 6.19. The van der Waals surface area contributed by atoms with Crippen molar-refractivity contribution in [2.24, 2.45) is 0 Å². The molecule has 0 aliphatic carbocycles. The number of para-hydroxylation sites is 1. The number of nitrogens with one attached hydrogen (secondary N) is 1. The van der Waals surface area contributed by atoms with E-state index in [1.54, 1.807) is 30.5 Å². The Hall–Kier alpha value is -3.82. The van der Waals surface area contributed by atoms with E-state index in [2.05, 4.69) is 27.4 Å². The molecule has 0 bridgehead atoms. The zero-order chi connectivity index (χ0) is 24.5. The number of aromatic nitrogens is 2. The first-order chi connectivity index (χ1) is 16.9. The van der Waals surface area contributed by atoms with Crippen LogP contribution in [0.2, 0.25) is 0 Å². The number of anilines is 1. The van der Waals surface area contributed by atoms with Gasteiger partial charge in [0.25, 0.3) is 5.91 Å². The molecule has 3 aromatic carbocycles. The van der Waals surface area contributed by atoms with Gasteiger partial charge in [0.05, 0.1) is 17.3 Å². The van der Waals surface area contributed by atoms with Crippen molar-refractivity contribution in [2.45, 2.75) is 6.10 Å². The summed E-state index contributed by atoms with van der Waals surface area (Å²) in [5.74, 6) is -1.80. The maximum Gasteiger partial charge on any atom is 0.273 e. The number of rotatable bonds is 5. The Labute approximate surface area is 201 Å². The number of carbonyl (C=O) groups is 1. The second kappa shape index (κ2) is 9.44. The van der Waals surface area contributed by atoms with Crippen LogP contribution >= 0.6 is 0 Å². The van der Waals surface area contributed by atoms with E-state index < -0.39 is 17.7 Å². The van der Waals surface area contributed by atoms with Gasteiger partial charge < -0.3 is 14.9 Å². The highest BCUT2D eigenvalue weighted by molar-refractivity contribution is 6.05. The van der Waals surface area contributed by atoms with Crippen LogP contribution in [-0.4, -0.2) is 59.0 Å². The number of benzene rings is 3. The third-order valence-corrected chi connectivity index (χ3v) is 6.31. The molecule has 1 aliphatic heterocycles. The molecular formula is C26H25F2N5O2. The molecule has 1 aromatic heterocycles. The van der Waals surface area contributed by atoms with Gasteiger partial charge in [0.2, 0.25) is 0 Å². The van der Waals surface area contributed by atoms with Gasteiger partial charge in [0, 0.05) is 43.3 Å². The number of likely N-dealkylation sites (N-methyl/N-ethyl adjacent to an activating group) is 1. The topological polar surface area (TPSA) is 73.6 Å². The fourth-order valence-electron chi connectivity index (χ4n) is 4.38. The molecule has 35 heavy (non-hydrogen) atoms. The van der Waals surface area contributed by atoms with Gasteiger partial charge in [-0.3, -0.25) is 4.79 Å². The number of piperazine rings is 1. The molecule has 7 nitrogen and oxygen atoms in total. The van der Waals surface area contributed by atoms with E-state index in [4.69, 9.17) is 0 Å². The van der Waals surface area contributed by atoms with Crippen LogP contribution in [0.3, 0.4) is 0 Å². The number of aliphatic hydroxyl groups excluding tert-OH is 1. The molecule has 180 valence electrons. The molecule has 2 heterocycles. The van der Waals surface area contributed by atoms with Crippen molar-refractivity contribution in [3.63, 3.8) is 0 Å². The Balaban J connectivity index is 1.38. The van der Waals surface area contributed by atoms with Crippen molar-refractivity contribution < 1.29 is 18.7 Å². The summed E-state index contributed by atoms with van der Waals surface area (Å²) < 4.78 is 27.2. The first kappa shape index (κ1) is 22.9. The van der Waals surface area contributed by atoms with Crippen molar-refractivity contribution >= 4 is 22.5 Å². The van der Waals surface area contributed by atoms with Crippen molar-refractivity contribution in [3.8, 4) is 0 Å². The molecule has 1 fully saturated rings. The quantitative estimate of drug-likeness (QED) is 0.460. The lowest BCUT2D eigenvalue weighted by molar-refractivity contribution is 0.101. The van der Waals surface area contributed by atoms with Crippen molar-refractivity contribution in [1.82, 2.24) is 14.8 Å². The number of amides is 1. The summed E-state index contributed by atoms with van der Waals surface area (Å²) in [5.41, 5.74) is 5.45. The molecule has 1 unspecified atom stereocenters. The van der Waals surface area contributed by atoms with E-state index in [0.717, 1.165) is 50.1 Å². The minimum Gasteiger partial charge on any atom is -0.384 e. The van der Waals surface area contributed by atoms with Gasteiger partial charge in [-0.05, 0) is 54.6 Å². The van der Waals surface area contributed by atoms with Gasteiger partial charge in [-0.1, -0.05) is 18.2 Å². The second-order valence-electron chi connectivity index (χ2n) is 8.73. The smallest absolute Gasteiger partial charge is 0.273 e. The summed E-state index contributed by atoms with van der Waals surface area (Å²) in [4.78, 5) is 19.0. The summed E-state index contributed by atoms with van der Waals surface area (Å²) in [6, 6.07) is 15.5. The fraction of sp³-hybridized carbons (Fsp3) is 0.231. The SMILES string of the molecule is CN1CCN(c2ccccc2C(=O)Nn2ncc3cc(C(O)c4cc(F)cc(F)c4)ccc32)CC1. The molecule has 1 aliphatic rings. The zero-order valence-corrected chi connectivity index (χ0v) is 19.2. The van der Waals surface area contributed by atoms with Crippen LogP contribution in [0.25, 0.3) is 10.9 Å². The number of hydrogen-bond acceptors (Lipinski definition) is 5. The lowest BCUT2D eigenvalue weighted by Gasteiger charge is -2.34. The highest BCUT2D eigenvalue weighted by Crippen LogP contribution is 2.27. The molecule has 9 heteroatoms. The van der Waals surface area contributed by atoms with E-state index >= 15 is 0 Å². The molecule has 0 saturated carbocycles. The van der Waals surface area contributed by atoms with Crippen LogP contribution < -0.4 is 10.3 Å². The summed E-state index contributed by atoms with van der Waals surface area (Å²) in [7, 11) is 2.08. The summed E-state index contributed by atoms with van der Waals surface area (Å²) in [5, 5.41) is 15.6. The highest BCUT2D eigenvalue weighted by Gasteiger charge is 2.21. The maximum atomic E-state index is 13.6. The zero-order valence-electron chi connectivity index (χ0n) is 19.2. The van der Waals surface area contributed by atoms with Gasteiger partial charge in [-0.2, -0.15) is 9.89 Å². The lowest BCUT2D eigenvalue weighted by Crippen LogP contribution is -2.45. The largest absolute Gasteiger partial charge is 0.384 e. The number of nitrogens with zero attached hydrogens (tertiary/aromatic N) is 4. The molecule has 0 radical (unpaired) electrons. The molecule has 4 aromatic rings. The Morgan fingerprint density at radius 3 is 2.43 bits per heavy atom. The van der Waals surface area contributed by atoms with Crippen LogP contribution in [0.15, 0.2) is 66.9 Å². The van der Waals surface area contributed by atoms with Gasteiger partial charge >= 0.3 is 0 Å². The number of aliphatic hydroxyl groups is 1. The average Bonchev–Trinajstić information content (AvgIpc) is 3.25. The Morgan fingerprint density at radius 1 is 0.971 bits per heavy atom. The predicted octanol–water partition coefficient (Wildman–Crippen LogP) is 3.53. The standard InChI is InChI=1S/C26H25F2N5O2/c1-31-8-10-32(11-9-31)24-5-3-2-4-22(24)26(35)30-33-23-7-6-17(12-19(23)16-29-33)25(34)18-13-20(27)15-21(28)14-18/h2-7,12-16,25,34H,8-11H2,1H3,(H,30,35). The third-order valence-electron chi connectivity index (χ3n) is 6.31. The van der Waals surface area contributed by atoms with Crippen LogP contribution in [0.4, 0.5) is 14.5 Å². The molecule has 2 N–H and O–H groups in total. The number of halogens is 2. The van der Waals surface area contributed by atoms with Crippen LogP contribution in [-0.2, 0) is 0 Å². The summed E-state index contributed by atoms with van der Waals surface area (Å²) >= 11 is 0. The monoisotopic (exact) mass is 477 g/mol. The Bertz CT molecular complexity index is 1360. The van der Waals surface area contributed by atoms with Crippen molar-refractivity contribution in [1.29, 1.82) is 0 Å². The number of fused-ring (bicyclic) bond motifs is 1. The van der Waals surface area contributed by atoms with E-state index in [9.17, 15) is 18.7 Å². The van der Waals surface area contributed by atoms with E-state index in [1.807, 2.05) is 18.2 Å². The first-order valence-electron chi connectivity index (χ1n) is 11.3. The van der Waals surface area contributed by atoms with Gasteiger partial charge in [-0.25, -0.2) is 14.2 Å². The van der Waals surface area contributed by atoms with E-state index in [-0.39, 0.29) is 11.5 Å². The molecule has 5 rings (SSSR count). The summed E-state index contributed by atoms with van der Waals surface area (Å²) in [6.45, 7) is 3.53. The fourth-order valence-corrected chi connectivity index (χ4v) is 4.38. The first-order valence-corrected chi connectivity index (χ1v) is 11.3. The third kappa shape index (κ3) is 4.73. The van der Waals surface area contributed by atoms with Gasteiger partial charge in [0.1, 0.15) is 17.7 Å². The normalized spacial score (nSPS) is 15.4. The van der Waals surface area contributed by atoms with Crippen molar-refractivity contribution in [3.05, 3.63) is 95.2 Å². The summed E-state index contributed by atoms with van der Waals surface area (Å²) in [6.07, 6.45) is 0.350. The second-order valence-corrected chi connectivity index (χ2v) is 8.73. The average molecular weight is 478 g/mol. The number of carbonyl (C=O) groups excluding carboxylic acids is 1. The minimum atomic E-state index is -1.21. The maximum absolute atomic E-state index is 13.6. The van der Waals surface area contributed by atoms with Crippen LogP contribution in [0.1, 0.15) is 27.6 Å². The Morgan fingerprint density at radius 2 is 1.69 bits per heavy atom. The van der Waals surface area contributed by atoms with Crippen LogP contribution in [0.5, 0.6) is 0 Å². The molecule has 0 spiro atoms. The van der Waals surface area contributed by atoms with Gasteiger partial charge in [-0.15, -0.1) is 0 Å². The highest BCUT2D eigenvalue weighted by atomic mass is 19.1. The molecule has 1 atom stereocenters. The number of hydrogen-bond donors (Lipinski definition) is 2. The van der Waals surface area contributed by atoms with Gasteiger partial charge in [0.15, 0.2) is 0 Å². The molecule has 1 amide bonds.